The van der Waals surface area contributed by atoms with Crippen molar-refractivity contribution < 1.29 is 9.21 Å². The average Bonchev–Trinajstić information content (AvgIpc) is 3.01. The number of hydrogen-bond donors (Lipinski definition) is 1. The first-order chi connectivity index (χ1) is 11.0. The Balaban J connectivity index is 1.79. The minimum absolute atomic E-state index is 0.203. The fourth-order valence-corrected chi connectivity index (χ4v) is 2.72. The SMILES string of the molecule is O=C(Nc1ccc(Cl)cc1Cl)c1ccc(-c2ccc(Br)cc2)o1. The van der Waals surface area contributed by atoms with Gasteiger partial charge in [-0.3, -0.25) is 4.79 Å². The number of anilines is 1. The van der Waals surface area contributed by atoms with Crippen LogP contribution < -0.4 is 5.32 Å². The van der Waals surface area contributed by atoms with E-state index in [4.69, 9.17) is 27.6 Å². The van der Waals surface area contributed by atoms with Gasteiger partial charge in [0, 0.05) is 15.1 Å². The van der Waals surface area contributed by atoms with Crippen LogP contribution in [0.3, 0.4) is 0 Å². The van der Waals surface area contributed by atoms with Crippen LogP contribution in [0.25, 0.3) is 11.3 Å². The average molecular weight is 411 g/mol. The van der Waals surface area contributed by atoms with E-state index < -0.39 is 0 Å². The number of carbonyl (C=O) groups excluding carboxylic acids is 1. The summed E-state index contributed by atoms with van der Waals surface area (Å²) in [5.74, 6) is 0.441. The highest BCUT2D eigenvalue weighted by Crippen LogP contribution is 2.27. The molecule has 0 unspecified atom stereocenters. The molecule has 1 N–H and O–H groups in total. The van der Waals surface area contributed by atoms with E-state index in [9.17, 15) is 4.79 Å². The molecular formula is C17H10BrCl2NO2. The van der Waals surface area contributed by atoms with Crippen molar-refractivity contribution >= 4 is 50.7 Å². The molecule has 0 aliphatic rings. The van der Waals surface area contributed by atoms with Crippen LogP contribution in [0.2, 0.25) is 10.0 Å². The van der Waals surface area contributed by atoms with Gasteiger partial charge in [-0.1, -0.05) is 51.3 Å². The van der Waals surface area contributed by atoms with Gasteiger partial charge >= 0.3 is 0 Å². The van der Waals surface area contributed by atoms with Crippen molar-refractivity contribution in [3.8, 4) is 11.3 Å². The maximum absolute atomic E-state index is 12.2. The van der Waals surface area contributed by atoms with Crippen molar-refractivity contribution in [2.75, 3.05) is 5.32 Å². The van der Waals surface area contributed by atoms with Crippen molar-refractivity contribution in [1.29, 1.82) is 0 Å². The molecule has 0 fully saturated rings. The van der Waals surface area contributed by atoms with Gasteiger partial charge in [0.1, 0.15) is 5.76 Å². The first kappa shape index (κ1) is 16.1. The molecule has 0 saturated carbocycles. The summed E-state index contributed by atoms with van der Waals surface area (Å²) >= 11 is 15.3. The second-order valence-electron chi connectivity index (χ2n) is 4.75. The molecule has 1 aromatic heterocycles. The summed E-state index contributed by atoms with van der Waals surface area (Å²) in [5.41, 5.74) is 1.36. The number of nitrogens with one attached hydrogen (secondary N) is 1. The predicted octanol–water partition coefficient (Wildman–Crippen LogP) is 6.27. The lowest BCUT2D eigenvalue weighted by Gasteiger charge is -2.05. The van der Waals surface area contributed by atoms with Crippen LogP contribution >= 0.6 is 39.1 Å². The van der Waals surface area contributed by atoms with Crippen LogP contribution in [0.4, 0.5) is 5.69 Å². The lowest BCUT2D eigenvalue weighted by molar-refractivity contribution is 0.0997. The summed E-state index contributed by atoms with van der Waals surface area (Å²) < 4.78 is 6.59. The normalized spacial score (nSPS) is 10.6. The van der Waals surface area contributed by atoms with Crippen LogP contribution in [0, 0.1) is 0 Å². The number of halogens is 3. The fraction of sp³-hybridized carbons (Fsp3) is 0. The van der Waals surface area contributed by atoms with E-state index in [0.29, 0.717) is 21.5 Å². The monoisotopic (exact) mass is 409 g/mol. The number of furan rings is 1. The molecule has 3 aromatic rings. The number of benzene rings is 2. The summed E-state index contributed by atoms with van der Waals surface area (Å²) in [7, 11) is 0. The Hall–Kier alpha value is -1.75. The van der Waals surface area contributed by atoms with Gasteiger partial charge in [-0.05, 0) is 42.5 Å². The summed E-state index contributed by atoms with van der Waals surface area (Å²) in [4.78, 5) is 12.2. The summed E-state index contributed by atoms with van der Waals surface area (Å²) in [6.45, 7) is 0. The Morgan fingerprint density at radius 2 is 1.74 bits per heavy atom. The maximum atomic E-state index is 12.2. The number of amides is 1. The van der Waals surface area contributed by atoms with Crippen molar-refractivity contribution in [2.45, 2.75) is 0 Å². The van der Waals surface area contributed by atoms with E-state index in [0.717, 1.165) is 10.0 Å². The third-order valence-corrected chi connectivity index (χ3v) is 4.21. The largest absolute Gasteiger partial charge is 0.451 e. The second kappa shape index (κ2) is 6.79. The molecule has 3 nitrogen and oxygen atoms in total. The minimum Gasteiger partial charge on any atom is -0.451 e. The molecule has 1 heterocycles. The highest BCUT2D eigenvalue weighted by molar-refractivity contribution is 9.10. The van der Waals surface area contributed by atoms with Crippen LogP contribution in [0.5, 0.6) is 0 Å². The van der Waals surface area contributed by atoms with Crippen LogP contribution in [0.1, 0.15) is 10.6 Å². The highest BCUT2D eigenvalue weighted by atomic mass is 79.9. The standard InChI is InChI=1S/C17H10BrCl2NO2/c18-11-3-1-10(2-4-11)15-7-8-16(23-15)17(22)21-14-6-5-12(19)9-13(14)20/h1-9H,(H,21,22). The van der Waals surface area contributed by atoms with E-state index in [2.05, 4.69) is 21.2 Å². The molecular weight excluding hydrogens is 401 g/mol. The fourth-order valence-electron chi connectivity index (χ4n) is 2.00. The zero-order chi connectivity index (χ0) is 16.4. The number of rotatable bonds is 3. The minimum atomic E-state index is -0.377. The molecule has 116 valence electrons. The molecule has 0 radical (unpaired) electrons. The summed E-state index contributed by atoms with van der Waals surface area (Å²) in [6.07, 6.45) is 0. The van der Waals surface area contributed by atoms with Crippen LogP contribution in [-0.2, 0) is 0 Å². The summed E-state index contributed by atoms with van der Waals surface area (Å²) in [6, 6.07) is 15.9. The van der Waals surface area contributed by atoms with E-state index >= 15 is 0 Å². The van der Waals surface area contributed by atoms with E-state index in [1.807, 2.05) is 24.3 Å². The van der Waals surface area contributed by atoms with Gasteiger partial charge in [0.2, 0.25) is 0 Å². The zero-order valence-electron chi connectivity index (χ0n) is 11.6. The molecule has 0 atom stereocenters. The lowest BCUT2D eigenvalue weighted by atomic mass is 10.2. The van der Waals surface area contributed by atoms with Crippen molar-refractivity contribution in [3.05, 3.63) is 74.9 Å². The smallest absolute Gasteiger partial charge is 0.291 e. The molecule has 2 aromatic carbocycles. The molecule has 0 bridgehead atoms. The Morgan fingerprint density at radius 1 is 1.00 bits per heavy atom. The number of hydrogen-bond acceptors (Lipinski definition) is 2. The quantitative estimate of drug-likeness (QED) is 0.552. The Morgan fingerprint density at radius 3 is 2.43 bits per heavy atom. The Labute approximate surface area is 151 Å². The van der Waals surface area contributed by atoms with Gasteiger partial charge in [-0.25, -0.2) is 0 Å². The third-order valence-electron chi connectivity index (χ3n) is 3.14. The molecule has 0 aliphatic heterocycles. The number of carbonyl (C=O) groups is 1. The first-order valence-electron chi connectivity index (χ1n) is 6.65. The van der Waals surface area contributed by atoms with Crippen molar-refractivity contribution in [2.24, 2.45) is 0 Å². The molecule has 0 spiro atoms. The molecule has 3 rings (SSSR count). The van der Waals surface area contributed by atoms with E-state index in [1.165, 1.54) is 0 Å². The maximum Gasteiger partial charge on any atom is 0.291 e. The Bertz CT molecular complexity index is 859. The zero-order valence-corrected chi connectivity index (χ0v) is 14.7. The topological polar surface area (TPSA) is 42.2 Å². The van der Waals surface area contributed by atoms with Gasteiger partial charge in [0.15, 0.2) is 5.76 Å². The molecule has 23 heavy (non-hydrogen) atoms. The van der Waals surface area contributed by atoms with Gasteiger partial charge in [0.25, 0.3) is 5.91 Å². The van der Waals surface area contributed by atoms with Crippen LogP contribution in [-0.4, -0.2) is 5.91 Å². The third kappa shape index (κ3) is 3.78. The van der Waals surface area contributed by atoms with Gasteiger partial charge in [-0.2, -0.15) is 0 Å². The van der Waals surface area contributed by atoms with Gasteiger partial charge < -0.3 is 9.73 Å². The Kier molecular flexibility index (Phi) is 4.76. The van der Waals surface area contributed by atoms with E-state index in [1.54, 1.807) is 30.3 Å². The molecule has 6 heteroatoms. The molecule has 1 amide bonds. The van der Waals surface area contributed by atoms with Crippen molar-refractivity contribution in [3.63, 3.8) is 0 Å². The predicted molar refractivity (Wildman–Crippen MR) is 96.3 cm³/mol. The summed E-state index contributed by atoms with van der Waals surface area (Å²) in [5, 5.41) is 3.57. The molecule has 0 aliphatic carbocycles. The van der Waals surface area contributed by atoms with Crippen LogP contribution in [0.15, 0.2) is 63.5 Å². The van der Waals surface area contributed by atoms with E-state index in [-0.39, 0.29) is 11.7 Å². The molecule has 0 saturated heterocycles. The lowest BCUT2D eigenvalue weighted by Crippen LogP contribution is -2.11. The van der Waals surface area contributed by atoms with Gasteiger partial charge in [0.05, 0.1) is 10.7 Å². The van der Waals surface area contributed by atoms with Crippen molar-refractivity contribution in [1.82, 2.24) is 0 Å². The van der Waals surface area contributed by atoms with Gasteiger partial charge in [-0.15, -0.1) is 0 Å². The first-order valence-corrected chi connectivity index (χ1v) is 8.20. The second-order valence-corrected chi connectivity index (χ2v) is 6.51. The highest BCUT2D eigenvalue weighted by Gasteiger charge is 2.14.